The molecular formula is C4H12Na2O7. The summed E-state index contributed by atoms with van der Waals surface area (Å²) in [4.78, 5) is 17.8. The van der Waals surface area contributed by atoms with Crippen molar-refractivity contribution in [3.8, 4) is 0 Å². The quantitative estimate of drug-likeness (QED) is 0.367. The number of rotatable bonds is 0. The fraction of sp³-hybridized carbons (Fsp3) is 0.500. The predicted octanol–water partition coefficient (Wildman–Crippen LogP) is -11.0. The van der Waals surface area contributed by atoms with Crippen LogP contribution in [0.1, 0.15) is 13.8 Å². The van der Waals surface area contributed by atoms with Crippen LogP contribution in [-0.2, 0) is 9.59 Å². The Morgan fingerprint density at radius 3 is 0.769 bits per heavy atom. The summed E-state index contributed by atoms with van der Waals surface area (Å²) in [6.07, 6.45) is 0. The number of carboxylic acid groups (broad SMARTS) is 2. The summed E-state index contributed by atoms with van der Waals surface area (Å²) < 4.78 is 0. The summed E-state index contributed by atoms with van der Waals surface area (Å²) in [6, 6.07) is 0. The third-order valence-electron chi connectivity index (χ3n) is 0. The van der Waals surface area contributed by atoms with E-state index in [0.717, 1.165) is 13.8 Å². The maximum Gasteiger partial charge on any atom is 1.00 e. The van der Waals surface area contributed by atoms with E-state index < -0.39 is 11.9 Å². The molecule has 0 fully saturated rings. The number of hydrogen-bond acceptors (Lipinski definition) is 4. The molecule has 0 aliphatic heterocycles. The number of carbonyl (C=O) groups is 2. The first-order valence-corrected chi connectivity index (χ1v) is 1.82. The zero-order chi connectivity index (χ0) is 7.15. The van der Waals surface area contributed by atoms with Gasteiger partial charge in [0.15, 0.2) is 0 Å². The van der Waals surface area contributed by atoms with Crippen LogP contribution in [0, 0.1) is 0 Å². The SMILES string of the molecule is CC(=O)[O-].CC(=O)[O-].O.O.O.[Na+].[Na+]. The summed E-state index contributed by atoms with van der Waals surface area (Å²) in [5.41, 5.74) is 0. The van der Waals surface area contributed by atoms with E-state index >= 15 is 0 Å². The molecule has 0 saturated heterocycles. The molecule has 0 aromatic heterocycles. The molecule has 0 heterocycles. The van der Waals surface area contributed by atoms with Crippen molar-refractivity contribution in [1.29, 1.82) is 0 Å². The number of carbonyl (C=O) groups excluding carboxylic acids is 2. The second-order valence-electron chi connectivity index (χ2n) is 0.983. The normalized spacial score (nSPS) is 3.85. The van der Waals surface area contributed by atoms with Crippen LogP contribution in [0.25, 0.3) is 0 Å². The van der Waals surface area contributed by atoms with Gasteiger partial charge in [0.25, 0.3) is 0 Å². The molecule has 0 unspecified atom stereocenters. The fourth-order valence-electron chi connectivity index (χ4n) is 0. The Labute approximate surface area is 120 Å². The Kier molecular flexibility index (Phi) is 145. The Morgan fingerprint density at radius 1 is 0.769 bits per heavy atom. The van der Waals surface area contributed by atoms with Crippen molar-refractivity contribution < 1.29 is 95.3 Å². The van der Waals surface area contributed by atoms with E-state index in [-0.39, 0.29) is 75.5 Å². The first-order valence-electron chi connectivity index (χ1n) is 1.82. The molecule has 0 amide bonds. The number of aliphatic carboxylic acids is 2. The third-order valence-corrected chi connectivity index (χ3v) is 0. The van der Waals surface area contributed by atoms with Crippen molar-refractivity contribution in [2.24, 2.45) is 0 Å². The van der Waals surface area contributed by atoms with Crippen LogP contribution in [0.3, 0.4) is 0 Å². The van der Waals surface area contributed by atoms with Gasteiger partial charge in [0.1, 0.15) is 0 Å². The van der Waals surface area contributed by atoms with E-state index in [0.29, 0.717) is 0 Å². The molecule has 0 atom stereocenters. The van der Waals surface area contributed by atoms with Crippen molar-refractivity contribution in [2.75, 3.05) is 0 Å². The zero-order valence-corrected chi connectivity index (χ0v) is 12.1. The molecule has 0 bridgehead atoms. The Balaban J connectivity index is -0.00000000800. The van der Waals surface area contributed by atoms with Crippen molar-refractivity contribution in [2.45, 2.75) is 13.8 Å². The molecule has 0 rings (SSSR count). The van der Waals surface area contributed by atoms with Gasteiger partial charge < -0.3 is 36.2 Å². The Hall–Kier alpha value is 0.820. The first kappa shape index (κ1) is 48.8. The smallest absolute Gasteiger partial charge is 0.550 e. The van der Waals surface area contributed by atoms with Crippen molar-refractivity contribution in [1.82, 2.24) is 0 Å². The summed E-state index contributed by atoms with van der Waals surface area (Å²) in [5, 5.41) is 17.8. The molecule has 9 heteroatoms. The van der Waals surface area contributed by atoms with E-state index in [1.807, 2.05) is 0 Å². The molecule has 0 saturated carbocycles. The minimum atomic E-state index is -1.08. The molecule has 0 spiro atoms. The third kappa shape index (κ3) is 2230. The summed E-state index contributed by atoms with van der Waals surface area (Å²) in [6.45, 7) is 1.94. The average Bonchev–Trinajstić information content (AvgIpc) is 1.25. The van der Waals surface area contributed by atoms with E-state index in [4.69, 9.17) is 19.8 Å². The van der Waals surface area contributed by atoms with Crippen LogP contribution < -0.4 is 69.3 Å². The Morgan fingerprint density at radius 2 is 0.769 bits per heavy atom. The van der Waals surface area contributed by atoms with Gasteiger partial charge >= 0.3 is 59.1 Å². The van der Waals surface area contributed by atoms with Crippen LogP contribution in [0.15, 0.2) is 0 Å². The molecule has 7 nitrogen and oxygen atoms in total. The monoisotopic (exact) mass is 218 g/mol. The maximum atomic E-state index is 8.89. The zero-order valence-electron chi connectivity index (χ0n) is 8.13. The summed E-state index contributed by atoms with van der Waals surface area (Å²) >= 11 is 0. The largest absolute Gasteiger partial charge is 1.00 e. The fourth-order valence-corrected chi connectivity index (χ4v) is 0. The molecule has 0 aromatic rings. The van der Waals surface area contributed by atoms with Crippen LogP contribution in [0.4, 0.5) is 0 Å². The minimum Gasteiger partial charge on any atom is -0.550 e. The predicted molar refractivity (Wildman–Crippen MR) is 32.2 cm³/mol. The summed E-state index contributed by atoms with van der Waals surface area (Å²) in [5.74, 6) is -2.17. The molecule has 13 heavy (non-hydrogen) atoms. The van der Waals surface area contributed by atoms with Gasteiger partial charge in [-0.15, -0.1) is 0 Å². The van der Waals surface area contributed by atoms with E-state index in [9.17, 15) is 0 Å². The van der Waals surface area contributed by atoms with Gasteiger partial charge in [0.05, 0.1) is 0 Å². The minimum absolute atomic E-state index is 0. The van der Waals surface area contributed by atoms with Gasteiger partial charge in [-0.05, 0) is 13.8 Å². The van der Waals surface area contributed by atoms with Crippen LogP contribution in [0.2, 0.25) is 0 Å². The maximum absolute atomic E-state index is 8.89. The van der Waals surface area contributed by atoms with E-state index in [2.05, 4.69) is 0 Å². The first-order chi connectivity index (χ1) is 3.46. The van der Waals surface area contributed by atoms with Gasteiger partial charge in [-0.1, -0.05) is 0 Å². The average molecular weight is 218 g/mol. The van der Waals surface area contributed by atoms with E-state index in [1.165, 1.54) is 0 Å². The second-order valence-corrected chi connectivity index (χ2v) is 0.983. The van der Waals surface area contributed by atoms with Gasteiger partial charge in [-0.2, -0.15) is 0 Å². The standard InChI is InChI=1S/2C2H4O2.2Na.3H2O/c2*1-2(3)4;;;;;/h2*1H3,(H,3,4);;;3*1H2/q;;2*+1;;;/p-2. The molecule has 0 aliphatic carbocycles. The van der Waals surface area contributed by atoms with Crippen molar-refractivity contribution in [3.63, 3.8) is 0 Å². The summed E-state index contributed by atoms with van der Waals surface area (Å²) in [7, 11) is 0. The van der Waals surface area contributed by atoms with Gasteiger partial charge in [-0.25, -0.2) is 0 Å². The van der Waals surface area contributed by atoms with Crippen LogP contribution in [0.5, 0.6) is 0 Å². The van der Waals surface area contributed by atoms with Crippen molar-refractivity contribution >= 4 is 11.9 Å². The molecule has 0 radical (unpaired) electrons. The topological polar surface area (TPSA) is 175 Å². The van der Waals surface area contributed by atoms with Crippen LogP contribution in [-0.4, -0.2) is 28.4 Å². The Bertz CT molecular complexity index is 76.5. The molecule has 72 valence electrons. The molecule has 6 N–H and O–H groups in total. The second kappa shape index (κ2) is 38.5. The molecular weight excluding hydrogens is 206 g/mol. The molecule has 0 aliphatic rings. The van der Waals surface area contributed by atoms with Gasteiger partial charge in [0.2, 0.25) is 0 Å². The van der Waals surface area contributed by atoms with Crippen LogP contribution >= 0.6 is 0 Å². The number of hydrogen-bond donors (Lipinski definition) is 0. The van der Waals surface area contributed by atoms with E-state index in [1.54, 1.807) is 0 Å². The van der Waals surface area contributed by atoms with Crippen molar-refractivity contribution in [3.05, 3.63) is 0 Å². The van der Waals surface area contributed by atoms with Gasteiger partial charge in [-0.3, -0.25) is 0 Å². The number of carboxylic acids is 2. The molecule has 0 aromatic carbocycles. The van der Waals surface area contributed by atoms with Gasteiger partial charge in [0, 0.05) is 11.9 Å².